The van der Waals surface area contributed by atoms with Crippen LogP contribution in [0.4, 0.5) is 0 Å². The van der Waals surface area contributed by atoms with Gasteiger partial charge in [-0.2, -0.15) is 0 Å². The van der Waals surface area contributed by atoms with E-state index in [2.05, 4.69) is 28.8 Å². The second-order valence-electron chi connectivity index (χ2n) is 5.17. The quantitative estimate of drug-likeness (QED) is 0.717. The molecule has 0 unspecified atom stereocenters. The largest absolute Gasteiger partial charge is 0.249 e. The predicted octanol–water partition coefficient (Wildman–Crippen LogP) is 3.02. The van der Waals surface area contributed by atoms with Gasteiger partial charge in [-0.25, -0.2) is 4.68 Å². The molecule has 16 heavy (non-hydrogen) atoms. The Morgan fingerprint density at radius 3 is 2.75 bits per heavy atom. The fourth-order valence-electron chi connectivity index (χ4n) is 1.86. The molecule has 0 radical (unpaired) electrons. The highest BCUT2D eigenvalue weighted by atomic mass is 35.5. The van der Waals surface area contributed by atoms with Gasteiger partial charge in [0.25, 0.3) is 0 Å². The van der Waals surface area contributed by atoms with Crippen molar-refractivity contribution < 1.29 is 0 Å². The van der Waals surface area contributed by atoms with E-state index in [0.717, 1.165) is 24.6 Å². The molecule has 2 rings (SSSR count). The third-order valence-corrected chi connectivity index (χ3v) is 3.38. The van der Waals surface area contributed by atoms with E-state index in [1.54, 1.807) is 0 Å². The summed E-state index contributed by atoms with van der Waals surface area (Å²) in [6, 6.07) is 0. The van der Waals surface area contributed by atoms with Crippen molar-refractivity contribution in [1.29, 1.82) is 0 Å². The topological polar surface area (TPSA) is 30.7 Å². The second kappa shape index (κ2) is 5.17. The molecule has 0 aliphatic heterocycles. The van der Waals surface area contributed by atoms with Crippen LogP contribution in [0, 0.1) is 11.8 Å². The van der Waals surface area contributed by atoms with Crippen molar-refractivity contribution in [3.05, 3.63) is 11.4 Å². The van der Waals surface area contributed by atoms with E-state index in [1.165, 1.54) is 25.0 Å². The van der Waals surface area contributed by atoms with Crippen molar-refractivity contribution >= 4 is 11.6 Å². The smallest absolute Gasteiger partial charge is 0.101 e. The minimum absolute atomic E-state index is 0.484. The van der Waals surface area contributed by atoms with Crippen molar-refractivity contribution in [2.45, 2.75) is 52.0 Å². The van der Waals surface area contributed by atoms with Crippen LogP contribution in [0.1, 0.15) is 44.5 Å². The average molecular weight is 242 g/mol. The molecule has 1 saturated carbocycles. The molecule has 4 heteroatoms. The first-order valence-corrected chi connectivity index (χ1v) is 6.71. The molecule has 0 atom stereocenters. The normalized spacial score (nSPS) is 16.0. The first kappa shape index (κ1) is 11.9. The minimum atomic E-state index is 0.484. The Labute approximate surface area is 102 Å². The van der Waals surface area contributed by atoms with E-state index in [1.807, 2.05) is 0 Å². The zero-order valence-electron chi connectivity index (χ0n) is 10.1. The number of nitrogens with zero attached hydrogens (tertiary/aromatic N) is 3. The SMILES string of the molecule is CC(C)CCc1c(CCl)nnn1CC1CC1. The number of hydrogen-bond acceptors (Lipinski definition) is 2. The zero-order chi connectivity index (χ0) is 11.5. The van der Waals surface area contributed by atoms with Gasteiger partial charge in [0.15, 0.2) is 0 Å². The van der Waals surface area contributed by atoms with Gasteiger partial charge in [0.1, 0.15) is 5.69 Å². The molecule has 0 saturated heterocycles. The van der Waals surface area contributed by atoms with Gasteiger partial charge in [0.05, 0.1) is 11.6 Å². The van der Waals surface area contributed by atoms with Crippen LogP contribution in [0.2, 0.25) is 0 Å². The predicted molar refractivity (Wildman–Crippen MR) is 65.5 cm³/mol. The fourth-order valence-corrected chi connectivity index (χ4v) is 2.07. The number of aromatic nitrogens is 3. The van der Waals surface area contributed by atoms with Gasteiger partial charge in [-0.3, -0.25) is 0 Å². The Morgan fingerprint density at radius 1 is 1.44 bits per heavy atom. The van der Waals surface area contributed by atoms with Crippen LogP contribution in [-0.4, -0.2) is 15.0 Å². The molecule has 0 aromatic carbocycles. The van der Waals surface area contributed by atoms with E-state index in [9.17, 15) is 0 Å². The molecule has 1 fully saturated rings. The minimum Gasteiger partial charge on any atom is -0.249 e. The summed E-state index contributed by atoms with van der Waals surface area (Å²) >= 11 is 5.90. The molecule has 0 amide bonds. The van der Waals surface area contributed by atoms with Crippen molar-refractivity contribution in [2.75, 3.05) is 0 Å². The Balaban J connectivity index is 2.06. The molecule has 0 N–H and O–H groups in total. The lowest BCUT2D eigenvalue weighted by molar-refractivity contribution is 0.502. The first-order valence-electron chi connectivity index (χ1n) is 6.18. The van der Waals surface area contributed by atoms with Crippen LogP contribution >= 0.6 is 11.6 Å². The van der Waals surface area contributed by atoms with Gasteiger partial charge in [-0.15, -0.1) is 16.7 Å². The maximum Gasteiger partial charge on any atom is 0.101 e. The van der Waals surface area contributed by atoms with Gasteiger partial charge in [-0.05, 0) is 37.5 Å². The summed E-state index contributed by atoms with van der Waals surface area (Å²) in [4.78, 5) is 0. The molecule has 0 bridgehead atoms. The highest BCUT2D eigenvalue weighted by Gasteiger charge is 2.24. The number of halogens is 1. The molecular weight excluding hydrogens is 222 g/mol. The number of hydrogen-bond donors (Lipinski definition) is 0. The maximum absolute atomic E-state index is 5.90. The van der Waals surface area contributed by atoms with Crippen molar-refractivity contribution in [3.63, 3.8) is 0 Å². The summed E-state index contributed by atoms with van der Waals surface area (Å²) in [5, 5.41) is 8.40. The molecule has 1 aromatic rings. The molecule has 1 aliphatic carbocycles. The van der Waals surface area contributed by atoms with Gasteiger partial charge < -0.3 is 0 Å². The fraction of sp³-hybridized carbons (Fsp3) is 0.833. The van der Waals surface area contributed by atoms with E-state index >= 15 is 0 Å². The van der Waals surface area contributed by atoms with Crippen LogP contribution in [0.5, 0.6) is 0 Å². The van der Waals surface area contributed by atoms with Gasteiger partial charge in [0, 0.05) is 6.54 Å². The van der Waals surface area contributed by atoms with E-state index in [-0.39, 0.29) is 0 Å². The van der Waals surface area contributed by atoms with Crippen LogP contribution < -0.4 is 0 Å². The molecule has 1 heterocycles. The zero-order valence-corrected chi connectivity index (χ0v) is 10.9. The standard InChI is InChI=1S/C12H20ClN3/c1-9(2)3-6-12-11(7-13)14-15-16(12)8-10-4-5-10/h9-10H,3-8H2,1-2H3. The van der Waals surface area contributed by atoms with Crippen molar-refractivity contribution in [1.82, 2.24) is 15.0 Å². The second-order valence-corrected chi connectivity index (χ2v) is 5.44. The van der Waals surface area contributed by atoms with Crippen LogP contribution in [0.15, 0.2) is 0 Å². The van der Waals surface area contributed by atoms with Gasteiger partial charge in [0.2, 0.25) is 0 Å². The average Bonchev–Trinajstić information content (AvgIpc) is 2.96. The van der Waals surface area contributed by atoms with Crippen LogP contribution in [0.25, 0.3) is 0 Å². The highest BCUT2D eigenvalue weighted by Crippen LogP contribution is 2.31. The summed E-state index contributed by atoms with van der Waals surface area (Å²) in [6.07, 6.45) is 4.93. The summed E-state index contributed by atoms with van der Waals surface area (Å²) in [5.41, 5.74) is 2.23. The Bertz CT molecular complexity index is 342. The lowest BCUT2D eigenvalue weighted by atomic mass is 10.1. The van der Waals surface area contributed by atoms with E-state index in [0.29, 0.717) is 11.8 Å². The Morgan fingerprint density at radius 2 is 2.19 bits per heavy atom. The maximum atomic E-state index is 5.90. The van der Waals surface area contributed by atoms with Crippen molar-refractivity contribution in [3.8, 4) is 0 Å². The lowest BCUT2D eigenvalue weighted by Crippen LogP contribution is -2.08. The van der Waals surface area contributed by atoms with Gasteiger partial charge in [-0.1, -0.05) is 19.1 Å². The lowest BCUT2D eigenvalue weighted by Gasteiger charge is -2.08. The summed E-state index contributed by atoms with van der Waals surface area (Å²) < 4.78 is 2.08. The monoisotopic (exact) mass is 241 g/mol. The first-order chi connectivity index (χ1) is 7.70. The molecule has 90 valence electrons. The molecule has 1 aliphatic rings. The summed E-state index contributed by atoms with van der Waals surface area (Å²) in [5.74, 6) is 2.04. The third kappa shape index (κ3) is 2.97. The summed E-state index contributed by atoms with van der Waals surface area (Å²) in [7, 11) is 0. The molecule has 3 nitrogen and oxygen atoms in total. The molecule has 0 spiro atoms. The highest BCUT2D eigenvalue weighted by molar-refractivity contribution is 6.16. The Kier molecular flexibility index (Phi) is 3.85. The Hall–Kier alpha value is -0.570. The molecule has 1 aromatic heterocycles. The third-order valence-electron chi connectivity index (χ3n) is 3.13. The van der Waals surface area contributed by atoms with E-state index in [4.69, 9.17) is 11.6 Å². The number of rotatable bonds is 6. The van der Waals surface area contributed by atoms with Crippen LogP contribution in [0.3, 0.4) is 0 Å². The van der Waals surface area contributed by atoms with E-state index < -0.39 is 0 Å². The van der Waals surface area contributed by atoms with Crippen molar-refractivity contribution in [2.24, 2.45) is 11.8 Å². The summed E-state index contributed by atoms with van der Waals surface area (Å²) in [6.45, 7) is 5.53. The molecular formula is C12H20ClN3. The number of alkyl halides is 1. The van der Waals surface area contributed by atoms with Gasteiger partial charge >= 0.3 is 0 Å². The van der Waals surface area contributed by atoms with Crippen LogP contribution in [-0.2, 0) is 18.8 Å².